The van der Waals surface area contributed by atoms with Gasteiger partial charge in [-0.15, -0.1) is 0 Å². The highest BCUT2D eigenvalue weighted by molar-refractivity contribution is 5.71. The van der Waals surface area contributed by atoms with Gasteiger partial charge in [0.25, 0.3) is 0 Å². The van der Waals surface area contributed by atoms with Crippen molar-refractivity contribution in [3.05, 3.63) is 0 Å². The molecule has 0 saturated heterocycles. The van der Waals surface area contributed by atoms with Crippen molar-refractivity contribution in [1.82, 2.24) is 0 Å². The van der Waals surface area contributed by atoms with Gasteiger partial charge in [-0.2, -0.15) is 0 Å². The molecule has 0 aliphatic heterocycles. The van der Waals surface area contributed by atoms with E-state index in [0.717, 1.165) is 57.8 Å². The Kier molecular flexibility index (Phi) is 46.8. The van der Waals surface area contributed by atoms with Crippen molar-refractivity contribution in [2.75, 3.05) is 13.2 Å². The van der Waals surface area contributed by atoms with Crippen molar-refractivity contribution in [1.29, 1.82) is 0 Å². The molecule has 0 heterocycles. The minimum atomic E-state index is -0.759. The van der Waals surface area contributed by atoms with Crippen LogP contribution in [0.15, 0.2) is 0 Å². The Labute approximate surface area is 361 Å². The maximum Gasteiger partial charge on any atom is 0.306 e. The number of rotatable bonds is 48. The van der Waals surface area contributed by atoms with Crippen molar-refractivity contribution in [2.45, 2.75) is 303 Å². The van der Waals surface area contributed by atoms with Gasteiger partial charge in [-0.25, -0.2) is 0 Å². The van der Waals surface area contributed by atoms with Crippen molar-refractivity contribution >= 4 is 17.9 Å². The summed E-state index contributed by atoms with van der Waals surface area (Å²) in [6.45, 7) is 6.67. The van der Waals surface area contributed by atoms with Crippen LogP contribution in [0.5, 0.6) is 0 Å². The summed E-state index contributed by atoms with van der Waals surface area (Å²) in [5.74, 6) is -0.841. The first-order valence-electron chi connectivity index (χ1n) is 26.0. The summed E-state index contributed by atoms with van der Waals surface area (Å²) in [5.41, 5.74) is 0. The zero-order chi connectivity index (χ0) is 42.3. The van der Waals surface area contributed by atoms with Gasteiger partial charge in [-0.1, -0.05) is 258 Å². The summed E-state index contributed by atoms with van der Waals surface area (Å²) in [4.78, 5) is 37.9. The lowest BCUT2D eigenvalue weighted by atomic mass is 10.0. The van der Waals surface area contributed by atoms with Crippen LogP contribution in [0.25, 0.3) is 0 Å². The molecule has 6 nitrogen and oxygen atoms in total. The molecule has 0 aromatic rings. The molecular formula is C52H100O6. The van der Waals surface area contributed by atoms with Crippen LogP contribution >= 0.6 is 0 Å². The van der Waals surface area contributed by atoms with Crippen LogP contribution < -0.4 is 0 Å². The zero-order valence-corrected chi connectivity index (χ0v) is 39.3. The van der Waals surface area contributed by atoms with Crippen LogP contribution in [-0.4, -0.2) is 37.2 Å². The largest absolute Gasteiger partial charge is 0.462 e. The van der Waals surface area contributed by atoms with Gasteiger partial charge in [0.05, 0.1) is 0 Å². The molecule has 0 bridgehead atoms. The van der Waals surface area contributed by atoms with Gasteiger partial charge in [0.1, 0.15) is 13.2 Å². The number of ether oxygens (including phenoxy) is 3. The monoisotopic (exact) mass is 821 g/mol. The van der Waals surface area contributed by atoms with E-state index in [2.05, 4.69) is 20.8 Å². The third kappa shape index (κ3) is 45.5. The average Bonchev–Trinajstić information content (AvgIpc) is 3.22. The highest BCUT2D eigenvalue weighted by Gasteiger charge is 2.19. The molecule has 0 rings (SSSR count). The Bertz CT molecular complexity index is 859. The molecule has 0 aliphatic rings. The van der Waals surface area contributed by atoms with E-state index in [4.69, 9.17) is 14.2 Å². The highest BCUT2D eigenvalue weighted by Crippen LogP contribution is 2.17. The fourth-order valence-electron chi connectivity index (χ4n) is 7.92. The van der Waals surface area contributed by atoms with Crippen LogP contribution in [-0.2, 0) is 28.6 Å². The maximum absolute atomic E-state index is 12.8. The molecule has 0 saturated carbocycles. The van der Waals surface area contributed by atoms with E-state index < -0.39 is 6.10 Å². The van der Waals surface area contributed by atoms with Crippen LogP contribution in [0.2, 0.25) is 0 Å². The Hall–Kier alpha value is -1.59. The molecule has 0 radical (unpaired) electrons. The number of unbranched alkanes of at least 4 members (excludes halogenated alkanes) is 37. The second-order valence-corrected chi connectivity index (χ2v) is 17.8. The standard InChI is InChI=1S/C52H100O6/c1-4-7-10-13-16-19-22-24-25-26-28-31-34-37-40-43-46-52(55)58-49(47-56-50(53)44-41-38-35-32-29-21-18-15-12-9-6-3)48-57-51(54)45-42-39-36-33-30-27-23-20-17-14-11-8-5-2/h49H,4-48H2,1-3H3/t49-/m1/s1. The lowest BCUT2D eigenvalue weighted by Gasteiger charge is -2.18. The zero-order valence-electron chi connectivity index (χ0n) is 39.3. The molecule has 0 fully saturated rings. The Balaban J connectivity index is 4.29. The summed E-state index contributed by atoms with van der Waals surface area (Å²) < 4.78 is 16.8. The lowest BCUT2D eigenvalue weighted by Crippen LogP contribution is -2.30. The van der Waals surface area contributed by atoms with E-state index in [1.54, 1.807) is 0 Å². The molecule has 0 unspecified atom stereocenters. The topological polar surface area (TPSA) is 78.9 Å². The molecular weight excluding hydrogens is 721 g/mol. The summed E-state index contributed by atoms with van der Waals surface area (Å²) in [6.07, 6.45) is 50.8. The summed E-state index contributed by atoms with van der Waals surface area (Å²) >= 11 is 0. The van der Waals surface area contributed by atoms with Crippen LogP contribution in [0.1, 0.15) is 297 Å². The third-order valence-electron chi connectivity index (χ3n) is 11.9. The van der Waals surface area contributed by atoms with Crippen LogP contribution in [0, 0.1) is 0 Å². The number of carbonyl (C=O) groups is 3. The number of hydrogen-bond donors (Lipinski definition) is 0. The molecule has 6 heteroatoms. The lowest BCUT2D eigenvalue weighted by molar-refractivity contribution is -0.167. The first-order valence-corrected chi connectivity index (χ1v) is 26.0. The van der Waals surface area contributed by atoms with Crippen molar-refractivity contribution in [3.8, 4) is 0 Å². The van der Waals surface area contributed by atoms with E-state index in [0.29, 0.717) is 19.3 Å². The molecule has 0 amide bonds. The van der Waals surface area contributed by atoms with E-state index in [-0.39, 0.29) is 31.1 Å². The highest BCUT2D eigenvalue weighted by atomic mass is 16.6. The third-order valence-corrected chi connectivity index (χ3v) is 11.9. The molecule has 1 atom stereocenters. The average molecular weight is 821 g/mol. The van der Waals surface area contributed by atoms with E-state index in [1.807, 2.05) is 0 Å². The van der Waals surface area contributed by atoms with Gasteiger partial charge in [0, 0.05) is 19.3 Å². The molecule has 0 N–H and O–H groups in total. The van der Waals surface area contributed by atoms with Crippen molar-refractivity contribution < 1.29 is 28.6 Å². The molecule has 58 heavy (non-hydrogen) atoms. The quantitative estimate of drug-likeness (QED) is 0.0346. The van der Waals surface area contributed by atoms with Gasteiger partial charge < -0.3 is 14.2 Å². The van der Waals surface area contributed by atoms with Gasteiger partial charge >= 0.3 is 17.9 Å². The minimum Gasteiger partial charge on any atom is -0.462 e. The Morgan fingerprint density at radius 3 is 0.690 bits per heavy atom. The maximum atomic E-state index is 12.8. The van der Waals surface area contributed by atoms with Crippen molar-refractivity contribution in [3.63, 3.8) is 0 Å². The summed E-state index contributed by atoms with van der Waals surface area (Å²) in [5, 5.41) is 0. The smallest absolute Gasteiger partial charge is 0.306 e. The fourth-order valence-corrected chi connectivity index (χ4v) is 7.92. The predicted molar refractivity (Wildman–Crippen MR) is 247 cm³/mol. The predicted octanol–water partition coefficient (Wildman–Crippen LogP) is 16.8. The van der Waals surface area contributed by atoms with E-state index in [1.165, 1.54) is 199 Å². The first-order chi connectivity index (χ1) is 28.5. The molecule has 0 aliphatic carbocycles. The minimum absolute atomic E-state index is 0.0618. The number of hydrogen-bond acceptors (Lipinski definition) is 6. The number of esters is 3. The van der Waals surface area contributed by atoms with Gasteiger partial charge in [-0.05, 0) is 19.3 Å². The Morgan fingerprint density at radius 2 is 0.466 bits per heavy atom. The Morgan fingerprint density at radius 1 is 0.276 bits per heavy atom. The number of carbonyl (C=O) groups excluding carboxylic acids is 3. The molecule has 0 spiro atoms. The van der Waals surface area contributed by atoms with Crippen LogP contribution in [0.3, 0.4) is 0 Å². The second kappa shape index (κ2) is 48.1. The van der Waals surface area contributed by atoms with Gasteiger partial charge in [0.2, 0.25) is 0 Å². The molecule has 344 valence electrons. The normalized spacial score (nSPS) is 11.8. The second-order valence-electron chi connectivity index (χ2n) is 17.8. The SMILES string of the molecule is CCCCCCCCCCCCCCCCCCC(=O)O[C@H](COC(=O)CCCCCCCCCCCCC)COC(=O)CCCCCCCCCCCCCCC. The first kappa shape index (κ1) is 56.4. The van der Waals surface area contributed by atoms with E-state index >= 15 is 0 Å². The van der Waals surface area contributed by atoms with E-state index in [9.17, 15) is 14.4 Å². The molecule has 0 aromatic heterocycles. The van der Waals surface area contributed by atoms with Crippen LogP contribution in [0.4, 0.5) is 0 Å². The summed E-state index contributed by atoms with van der Waals surface area (Å²) in [7, 11) is 0. The van der Waals surface area contributed by atoms with Crippen molar-refractivity contribution in [2.24, 2.45) is 0 Å². The fraction of sp³-hybridized carbons (Fsp3) is 0.942. The van der Waals surface area contributed by atoms with Gasteiger partial charge in [-0.3, -0.25) is 14.4 Å². The molecule has 0 aromatic carbocycles. The summed E-state index contributed by atoms with van der Waals surface area (Å²) in [6, 6.07) is 0. The van der Waals surface area contributed by atoms with Gasteiger partial charge in [0.15, 0.2) is 6.10 Å².